The molecule has 0 aliphatic heterocycles. The molecule has 0 saturated heterocycles. The summed E-state index contributed by atoms with van der Waals surface area (Å²) in [5.74, 6) is 0. The molecule has 0 heteroatoms. The molecule has 0 N–H and O–H groups in total. The molecule has 0 atom stereocenters. The molecule has 2 aromatic rings. The summed E-state index contributed by atoms with van der Waals surface area (Å²) < 4.78 is 0. The Bertz CT molecular complexity index is 589. The Kier molecular flexibility index (Phi) is 2.10. The lowest BCUT2D eigenvalue weighted by Crippen LogP contribution is -1.96. The van der Waals surface area contributed by atoms with Gasteiger partial charge in [-0.05, 0) is 59.7 Å². The highest BCUT2D eigenvalue weighted by atomic mass is 14.1. The summed E-state index contributed by atoms with van der Waals surface area (Å²) in [7, 11) is 0. The largest absolute Gasteiger partial charge is 0.0836 e. The van der Waals surface area contributed by atoms with Crippen molar-refractivity contribution in [3.63, 3.8) is 0 Å². The first-order valence-electron chi connectivity index (χ1n) is 5.96. The molecule has 2 aromatic carbocycles. The summed E-state index contributed by atoms with van der Waals surface area (Å²) in [6.07, 6.45) is 6.95. The fourth-order valence-electron chi connectivity index (χ4n) is 2.59. The van der Waals surface area contributed by atoms with Gasteiger partial charge in [-0.3, -0.25) is 0 Å². The lowest BCUT2D eigenvalue weighted by Gasteiger charge is -2.15. The van der Waals surface area contributed by atoms with E-state index in [0.29, 0.717) is 0 Å². The third-order valence-electron chi connectivity index (χ3n) is 3.74. The summed E-state index contributed by atoms with van der Waals surface area (Å²) in [4.78, 5) is 0. The monoisotopic (exact) mass is 208 g/mol. The highest BCUT2D eigenvalue weighted by Gasteiger charge is 2.09. The van der Waals surface area contributed by atoms with Crippen LogP contribution in [0.3, 0.4) is 0 Å². The van der Waals surface area contributed by atoms with Crippen molar-refractivity contribution >= 4 is 16.8 Å². The molecule has 0 heterocycles. The Morgan fingerprint density at radius 2 is 1.75 bits per heavy atom. The first-order chi connectivity index (χ1) is 7.77. The summed E-state index contributed by atoms with van der Waals surface area (Å²) >= 11 is 0. The normalized spacial score (nSPS) is 14.1. The fraction of sp³-hybridized carbons (Fsp3) is 0.250. The van der Waals surface area contributed by atoms with Crippen molar-refractivity contribution in [1.82, 2.24) is 0 Å². The molecule has 3 rings (SSSR count). The van der Waals surface area contributed by atoms with E-state index in [0.717, 1.165) is 0 Å². The van der Waals surface area contributed by atoms with Gasteiger partial charge in [-0.2, -0.15) is 0 Å². The van der Waals surface area contributed by atoms with E-state index in [1.165, 1.54) is 45.9 Å². The molecule has 0 aromatic heterocycles. The SMILES string of the molecule is Cc1ccc2c3c(ccc2c1C)CCC=C3. The van der Waals surface area contributed by atoms with Crippen molar-refractivity contribution in [2.24, 2.45) is 0 Å². The molecule has 1 aliphatic rings. The molecule has 0 saturated carbocycles. The summed E-state index contributed by atoms with van der Waals surface area (Å²) in [5, 5.41) is 2.82. The van der Waals surface area contributed by atoms with Gasteiger partial charge in [0.05, 0.1) is 0 Å². The van der Waals surface area contributed by atoms with E-state index in [-0.39, 0.29) is 0 Å². The number of hydrogen-bond acceptors (Lipinski definition) is 0. The number of aryl methyl sites for hydroxylation is 3. The molecule has 0 spiro atoms. The van der Waals surface area contributed by atoms with Gasteiger partial charge in [0.15, 0.2) is 0 Å². The lowest BCUT2D eigenvalue weighted by molar-refractivity contribution is 0.989. The molecule has 0 radical (unpaired) electrons. The molecule has 80 valence electrons. The molecule has 0 amide bonds. The second-order valence-electron chi connectivity index (χ2n) is 4.68. The zero-order chi connectivity index (χ0) is 11.1. The van der Waals surface area contributed by atoms with Gasteiger partial charge in [0.2, 0.25) is 0 Å². The van der Waals surface area contributed by atoms with Crippen molar-refractivity contribution in [2.75, 3.05) is 0 Å². The molecular formula is C16H16. The second-order valence-corrected chi connectivity index (χ2v) is 4.68. The van der Waals surface area contributed by atoms with Gasteiger partial charge in [0, 0.05) is 0 Å². The number of rotatable bonds is 0. The van der Waals surface area contributed by atoms with E-state index in [1.807, 2.05) is 0 Å². The maximum Gasteiger partial charge on any atom is -0.0106 e. The van der Waals surface area contributed by atoms with Crippen LogP contribution in [0.2, 0.25) is 0 Å². The zero-order valence-corrected chi connectivity index (χ0v) is 9.88. The van der Waals surface area contributed by atoms with Crippen LogP contribution in [-0.2, 0) is 6.42 Å². The third-order valence-corrected chi connectivity index (χ3v) is 3.74. The fourth-order valence-corrected chi connectivity index (χ4v) is 2.59. The second kappa shape index (κ2) is 3.48. The predicted octanol–water partition coefficient (Wildman–Crippen LogP) is 4.42. The van der Waals surface area contributed by atoms with Gasteiger partial charge in [-0.25, -0.2) is 0 Å². The smallest absolute Gasteiger partial charge is 0.0106 e. The average molecular weight is 208 g/mol. The first-order valence-corrected chi connectivity index (χ1v) is 5.96. The van der Waals surface area contributed by atoms with Gasteiger partial charge < -0.3 is 0 Å². The van der Waals surface area contributed by atoms with Crippen LogP contribution in [0.4, 0.5) is 0 Å². The number of fused-ring (bicyclic) bond motifs is 3. The van der Waals surface area contributed by atoms with E-state index in [4.69, 9.17) is 0 Å². The molecule has 16 heavy (non-hydrogen) atoms. The molecule has 1 aliphatic carbocycles. The molecule has 0 unspecified atom stereocenters. The predicted molar refractivity (Wildman–Crippen MR) is 70.8 cm³/mol. The van der Waals surface area contributed by atoms with Gasteiger partial charge in [-0.1, -0.05) is 36.4 Å². The minimum absolute atomic E-state index is 1.18. The van der Waals surface area contributed by atoms with Crippen molar-refractivity contribution in [1.29, 1.82) is 0 Å². The molecule has 0 nitrogen and oxygen atoms in total. The van der Waals surface area contributed by atoms with Gasteiger partial charge in [-0.15, -0.1) is 0 Å². The standard InChI is InChI=1S/C16H16/c1-11-7-9-16-14(12(11)2)10-8-13-5-3-4-6-15(13)16/h4,6-10H,3,5H2,1-2H3. The van der Waals surface area contributed by atoms with E-state index in [9.17, 15) is 0 Å². The van der Waals surface area contributed by atoms with Crippen molar-refractivity contribution in [3.8, 4) is 0 Å². The Morgan fingerprint density at radius 3 is 2.62 bits per heavy atom. The van der Waals surface area contributed by atoms with Gasteiger partial charge in [0.25, 0.3) is 0 Å². The maximum atomic E-state index is 2.30. The van der Waals surface area contributed by atoms with Crippen molar-refractivity contribution < 1.29 is 0 Å². The van der Waals surface area contributed by atoms with Crippen molar-refractivity contribution in [3.05, 3.63) is 52.6 Å². The minimum atomic E-state index is 1.18. The third kappa shape index (κ3) is 1.30. The Morgan fingerprint density at radius 1 is 0.938 bits per heavy atom. The van der Waals surface area contributed by atoms with Crippen LogP contribution in [0, 0.1) is 13.8 Å². The lowest BCUT2D eigenvalue weighted by atomic mass is 9.90. The summed E-state index contributed by atoms with van der Waals surface area (Å²) in [6.45, 7) is 4.40. The maximum absolute atomic E-state index is 2.30. The Hall–Kier alpha value is -1.56. The van der Waals surface area contributed by atoms with Crippen LogP contribution in [-0.4, -0.2) is 0 Å². The zero-order valence-electron chi connectivity index (χ0n) is 9.88. The van der Waals surface area contributed by atoms with E-state index in [2.05, 4.69) is 50.3 Å². The van der Waals surface area contributed by atoms with Crippen LogP contribution in [0.25, 0.3) is 16.8 Å². The van der Waals surface area contributed by atoms with Crippen molar-refractivity contribution in [2.45, 2.75) is 26.7 Å². The number of allylic oxidation sites excluding steroid dienone is 1. The summed E-state index contributed by atoms with van der Waals surface area (Å²) in [5.41, 5.74) is 5.73. The first kappa shape index (κ1) is 9.65. The highest BCUT2D eigenvalue weighted by Crippen LogP contribution is 2.30. The van der Waals surface area contributed by atoms with E-state index in [1.54, 1.807) is 0 Å². The quantitative estimate of drug-likeness (QED) is 0.601. The molecular weight excluding hydrogens is 192 g/mol. The molecule has 0 fully saturated rings. The van der Waals surface area contributed by atoms with Gasteiger partial charge in [0.1, 0.15) is 0 Å². The van der Waals surface area contributed by atoms with Crippen LogP contribution in [0.15, 0.2) is 30.3 Å². The van der Waals surface area contributed by atoms with Crippen LogP contribution >= 0.6 is 0 Å². The Labute approximate surface area is 96.6 Å². The van der Waals surface area contributed by atoms with E-state index < -0.39 is 0 Å². The topological polar surface area (TPSA) is 0 Å². The Balaban J connectivity index is 2.43. The van der Waals surface area contributed by atoms with E-state index >= 15 is 0 Å². The van der Waals surface area contributed by atoms with Crippen LogP contribution in [0.5, 0.6) is 0 Å². The number of hydrogen-bond donors (Lipinski definition) is 0. The average Bonchev–Trinajstić information content (AvgIpc) is 2.33. The number of benzene rings is 2. The summed E-state index contributed by atoms with van der Waals surface area (Å²) in [6, 6.07) is 9.09. The van der Waals surface area contributed by atoms with Crippen LogP contribution in [0.1, 0.15) is 28.7 Å². The van der Waals surface area contributed by atoms with Crippen LogP contribution < -0.4 is 0 Å². The van der Waals surface area contributed by atoms with Gasteiger partial charge >= 0.3 is 0 Å². The highest BCUT2D eigenvalue weighted by molar-refractivity contribution is 5.95. The molecule has 0 bridgehead atoms. The minimum Gasteiger partial charge on any atom is -0.0836 e.